The first-order valence-corrected chi connectivity index (χ1v) is 8.50. The average molecular weight is 330 g/mol. The summed E-state index contributed by atoms with van der Waals surface area (Å²) < 4.78 is 25.6. The second kappa shape index (κ2) is 5.92. The Balaban J connectivity index is 2.28. The summed E-state index contributed by atoms with van der Waals surface area (Å²) in [7, 11) is -2.04. The van der Waals surface area contributed by atoms with Crippen molar-refractivity contribution >= 4 is 43.0 Å². The molecule has 21 heavy (non-hydrogen) atoms. The Kier molecular flexibility index (Phi) is 4.40. The first-order chi connectivity index (χ1) is 9.82. The molecule has 0 spiro atoms. The van der Waals surface area contributed by atoms with Gasteiger partial charge in [0.25, 0.3) is 5.69 Å². The third-order valence-corrected chi connectivity index (χ3v) is 5.10. The van der Waals surface area contributed by atoms with E-state index in [0.717, 1.165) is 9.71 Å². The van der Waals surface area contributed by atoms with Crippen LogP contribution in [0.25, 0.3) is 10.2 Å². The van der Waals surface area contributed by atoms with Crippen molar-refractivity contribution in [2.75, 3.05) is 24.7 Å². The predicted molar refractivity (Wildman–Crippen MR) is 82.3 cm³/mol. The van der Waals surface area contributed by atoms with Crippen LogP contribution in [0.2, 0.25) is 0 Å². The number of nitrogens with zero attached hydrogens (tertiary/aromatic N) is 2. The number of sulfonamides is 1. The molecule has 0 radical (unpaired) electrons. The normalized spacial score (nSPS) is 11.7. The van der Waals surface area contributed by atoms with Gasteiger partial charge >= 0.3 is 0 Å². The molecule has 0 saturated heterocycles. The number of hydrogen-bond acceptors (Lipinski definition) is 7. The Morgan fingerprint density at radius 3 is 2.76 bits per heavy atom. The molecule has 0 bridgehead atoms. The number of nitro groups is 1. The maximum Gasteiger partial charge on any atom is 0.293 e. The second-order valence-electron chi connectivity index (χ2n) is 4.28. The van der Waals surface area contributed by atoms with Crippen molar-refractivity contribution in [2.24, 2.45) is 0 Å². The van der Waals surface area contributed by atoms with Crippen molar-refractivity contribution in [1.29, 1.82) is 0 Å². The lowest BCUT2D eigenvalue weighted by molar-refractivity contribution is -0.383. The molecule has 114 valence electrons. The smallest absolute Gasteiger partial charge is 0.293 e. The van der Waals surface area contributed by atoms with E-state index in [1.165, 1.54) is 24.5 Å². The van der Waals surface area contributed by atoms with Crippen LogP contribution in [-0.4, -0.2) is 37.7 Å². The molecule has 8 nitrogen and oxygen atoms in total. The van der Waals surface area contributed by atoms with Crippen LogP contribution < -0.4 is 10.0 Å². The molecule has 2 N–H and O–H groups in total. The van der Waals surface area contributed by atoms with Gasteiger partial charge in [0.05, 0.1) is 25.9 Å². The number of fused-ring (bicyclic) bond motifs is 1. The highest BCUT2D eigenvalue weighted by Crippen LogP contribution is 2.32. The van der Waals surface area contributed by atoms with E-state index in [4.69, 9.17) is 0 Å². The summed E-state index contributed by atoms with van der Waals surface area (Å²) in [6, 6.07) is 3.03. The number of rotatable bonds is 6. The summed E-state index contributed by atoms with van der Waals surface area (Å²) in [5, 5.41) is 14.7. The van der Waals surface area contributed by atoms with Crippen LogP contribution in [0, 0.1) is 17.0 Å². The van der Waals surface area contributed by atoms with Crippen molar-refractivity contribution in [2.45, 2.75) is 6.92 Å². The molecule has 0 saturated carbocycles. The number of aromatic nitrogens is 1. The number of thiazole rings is 1. The first-order valence-electron chi connectivity index (χ1n) is 6.03. The van der Waals surface area contributed by atoms with Gasteiger partial charge in [-0.05, 0) is 20.0 Å². The fourth-order valence-electron chi connectivity index (χ4n) is 1.79. The highest BCUT2D eigenvalue weighted by Gasteiger charge is 2.17. The van der Waals surface area contributed by atoms with E-state index in [9.17, 15) is 18.5 Å². The van der Waals surface area contributed by atoms with Gasteiger partial charge in [-0.3, -0.25) is 10.1 Å². The molecule has 2 rings (SSSR count). The number of nitro benzene ring substituents is 1. The van der Waals surface area contributed by atoms with Crippen LogP contribution in [0.1, 0.15) is 5.01 Å². The summed E-state index contributed by atoms with van der Waals surface area (Å²) in [4.78, 5) is 14.9. The van der Waals surface area contributed by atoms with Crippen LogP contribution in [0.5, 0.6) is 0 Å². The molecule has 0 atom stereocenters. The maximum atomic E-state index is 11.3. The first kappa shape index (κ1) is 15.6. The summed E-state index contributed by atoms with van der Waals surface area (Å²) in [6.45, 7) is 1.89. The largest absolute Gasteiger partial charge is 0.378 e. The minimum absolute atomic E-state index is 0.0681. The Morgan fingerprint density at radius 2 is 2.14 bits per heavy atom. The van der Waals surface area contributed by atoms with Crippen molar-refractivity contribution in [1.82, 2.24) is 9.71 Å². The van der Waals surface area contributed by atoms with Crippen LogP contribution in [-0.2, 0) is 10.0 Å². The Morgan fingerprint density at radius 1 is 1.43 bits per heavy atom. The van der Waals surface area contributed by atoms with Crippen LogP contribution in [0.3, 0.4) is 0 Å². The molecular weight excluding hydrogens is 316 g/mol. The van der Waals surface area contributed by atoms with E-state index < -0.39 is 14.9 Å². The molecule has 0 aliphatic carbocycles. The highest BCUT2D eigenvalue weighted by atomic mass is 32.2. The number of hydrogen-bond donors (Lipinski definition) is 2. The van der Waals surface area contributed by atoms with E-state index in [1.807, 2.05) is 6.92 Å². The average Bonchev–Trinajstić information content (AvgIpc) is 2.76. The third-order valence-electron chi connectivity index (χ3n) is 2.81. The van der Waals surface area contributed by atoms with Gasteiger partial charge in [-0.15, -0.1) is 11.3 Å². The zero-order valence-corrected chi connectivity index (χ0v) is 13.0. The van der Waals surface area contributed by atoms with Crippen LogP contribution >= 0.6 is 11.3 Å². The summed E-state index contributed by atoms with van der Waals surface area (Å²) in [6.07, 6.45) is 0. The molecule has 0 aliphatic rings. The molecule has 0 unspecified atom stereocenters. The van der Waals surface area contributed by atoms with Gasteiger partial charge in [0.15, 0.2) is 0 Å². The second-order valence-corrected chi connectivity index (χ2v) is 7.56. The molecule has 2 aromatic rings. The quantitative estimate of drug-likeness (QED) is 0.612. The molecule has 10 heteroatoms. The summed E-state index contributed by atoms with van der Waals surface area (Å²) >= 11 is 1.37. The van der Waals surface area contributed by atoms with Gasteiger partial charge < -0.3 is 5.32 Å². The van der Waals surface area contributed by atoms with Crippen molar-refractivity contribution in [3.63, 3.8) is 0 Å². The fraction of sp³-hybridized carbons (Fsp3) is 0.364. The standard InChI is InChI=1S/C11H14N4O4S2/c1-7-14-9-5-8(13-3-4-21(18,19)12-2)10(15(16)17)6-11(9)20-7/h5-6,12-13H,3-4H2,1-2H3. The van der Waals surface area contributed by atoms with Crippen molar-refractivity contribution in [3.8, 4) is 0 Å². The topological polar surface area (TPSA) is 114 Å². The minimum Gasteiger partial charge on any atom is -0.378 e. The minimum atomic E-state index is -3.36. The lowest BCUT2D eigenvalue weighted by Gasteiger charge is -2.07. The monoisotopic (exact) mass is 330 g/mol. The Hall–Kier alpha value is -1.78. The van der Waals surface area contributed by atoms with E-state index in [2.05, 4.69) is 15.0 Å². The maximum absolute atomic E-state index is 11.3. The molecule has 1 heterocycles. The molecular formula is C11H14N4O4S2. The van der Waals surface area contributed by atoms with Gasteiger partial charge in [0.2, 0.25) is 10.0 Å². The molecule has 0 amide bonds. The van der Waals surface area contributed by atoms with Crippen LogP contribution in [0.4, 0.5) is 11.4 Å². The lowest BCUT2D eigenvalue weighted by Crippen LogP contribution is -2.26. The number of aryl methyl sites for hydroxylation is 1. The van der Waals surface area contributed by atoms with Gasteiger partial charge in [-0.1, -0.05) is 0 Å². The zero-order valence-electron chi connectivity index (χ0n) is 11.4. The molecule has 1 aromatic carbocycles. The van der Waals surface area contributed by atoms with Gasteiger partial charge in [-0.2, -0.15) is 0 Å². The fourth-order valence-corrected chi connectivity index (χ4v) is 3.21. The summed E-state index contributed by atoms with van der Waals surface area (Å²) in [5.41, 5.74) is 0.833. The van der Waals surface area contributed by atoms with Gasteiger partial charge in [-0.25, -0.2) is 18.1 Å². The van der Waals surface area contributed by atoms with Crippen molar-refractivity contribution < 1.29 is 13.3 Å². The number of nitrogens with one attached hydrogen (secondary N) is 2. The van der Waals surface area contributed by atoms with Crippen LogP contribution in [0.15, 0.2) is 12.1 Å². The van der Waals surface area contributed by atoms with Crippen molar-refractivity contribution in [3.05, 3.63) is 27.3 Å². The third kappa shape index (κ3) is 3.65. The highest BCUT2D eigenvalue weighted by molar-refractivity contribution is 7.89. The predicted octanol–water partition coefficient (Wildman–Crippen LogP) is 1.47. The number of anilines is 1. The molecule has 1 aromatic heterocycles. The zero-order chi connectivity index (χ0) is 15.6. The SMILES string of the molecule is CNS(=O)(=O)CCNc1cc2nc(C)sc2cc1[N+](=O)[O-]. The van der Waals surface area contributed by atoms with E-state index in [0.29, 0.717) is 5.52 Å². The molecule has 0 fully saturated rings. The molecule has 0 aliphatic heterocycles. The van der Waals surface area contributed by atoms with Gasteiger partial charge in [0, 0.05) is 12.6 Å². The lowest BCUT2D eigenvalue weighted by atomic mass is 10.2. The van der Waals surface area contributed by atoms with E-state index >= 15 is 0 Å². The number of benzene rings is 1. The van der Waals surface area contributed by atoms with E-state index in [-0.39, 0.29) is 23.7 Å². The Labute approximate surface area is 125 Å². The van der Waals surface area contributed by atoms with E-state index in [1.54, 1.807) is 6.07 Å². The Bertz CT molecular complexity index is 785. The van der Waals surface area contributed by atoms with Gasteiger partial charge in [0.1, 0.15) is 5.69 Å². The summed E-state index contributed by atoms with van der Waals surface area (Å²) in [5.74, 6) is -0.172.